The summed E-state index contributed by atoms with van der Waals surface area (Å²) in [5.74, 6) is 1.52. The normalized spacial score (nSPS) is 15.2. The molecule has 7 heteroatoms. The summed E-state index contributed by atoms with van der Waals surface area (Å²) in [6.07, 6.45) is 0.740. The SMILES string of the molecule is Cc1sc2nc(CN3CCOCC3)nc(NCCc3cccc(F)c3)c2c1C. The number of morpholine rings is 1. The van der Waals surface area contributed by atoms with Crippen molar-refractivity contribution in [3.63, 3.8) is 0 Å². The number of aromatic nitrogens is 2. The number of hydrogen-bond donors (Lipinski definition) is 1. The molecule has 1 aliphatic rings. The fourth-order valence-corrected chi connectivity index (χ4v) is 4.52. The second kappa shape index (κ2) is 8.51. The van der Waals surface area contributed by atoms with Gasteiger partial charge in [-0.3, -0.25) is 4.90 Å². The highest BCUT2D eigenvalue weighted by Gasteiger charge is 2.17. The number of anilines is 1. The molecule has 28 heavy (non-hydrogen) atoms. The average Bonchev–Trinajstić information content (AvgIpc) is 2.96. The van der Waals surface area contributed by atoms with Crippen molar-refractivity contribution in [2.24, 2.45) is 0 Å². The predicted molar refractivity (Wildman–Crippen MR) is 112 cm³/mol. The number of fused-ring (bicyclic) bond motifs is 1. The minimum absolute atomic E-state index is 0.195. The van der Waals surface area contributed by atoms with Gasteiger partial charge in [-0.2, -0.15) is 0 Å². The van der Waals surface area contributed by atoms with Gasteiger partial charge in [-0.15, -0.1) is 11.3 Å². The van der Waals surface area contributed by atoms with E-state index in [0.29, 0.717) is 6.54 Å². The first kappa shape index (κ1) is 19.2. The topological polar surface area (TPSA) is 50.3 Å². The molecule has 0 bridgehead atoms. The third-order valence-electron chi connectivity index (χ3n) is 5.14. The first-order valence-electron chi connectivity index (χ1n) is 9.65. The molecule has 148 valence electrons. The summed E-state index contributed by atoms with van der Waals surface area (Å²) in [5, 5.41) is 4.58. The average molecular weight is 401 g/mol. The van der Waals surface area contributed by atoms with Crippen molar-refractivity contribution < 1.29 is 9.13 Å². The quantitative estimate of drug-likeness (QED) is 0.679. The molecule has 0 amide bonds. The minimum Gasteiger partial charge on any atom is -0.379 e. The van der Waals surface area contributed by atoms with Crippen molar-refractivity contribution in [1.82, 2.24) is 14.9 Å². The summed E-state index contributed by atoms with van der Waals surface area (Å²) < 4.78 is 18.8. The van der Waals surface area contributed by atoms with Gasteiger partial charge in [0.25, 0.3) is 0 Å². The second-order valence-electron chi connectivity index (χ2n) is 7.15. The van der Waals surface area contributed by atoms with Crippen LogP contribution in [0.1, 0.15) is 21.8 Å². The Bertz CT molecular complexity index is 968. The Morgan fingerprint density at radius 2 is 2.04 bits per heavy atom. The molecule has 2 aromatic heterocycles. The molecule has 3 heterocycles. The van der Waals surface area contributed by atoms with E-state index in [1.165, 1.54) is 16.5 Å². The van der Waals surface area contributed by atoms with Gasteiger partial charge in [-0.05, 0) is 43.5 Å². The second-order valence-corrected chi connectivity index (χ2v) is 8.35. The highest BCUT2D eigenvalue weighted by Crippen LogP contribution is 2.33. The zero-order chi connectivity index (χ0) is 19.5. The molecule has 1 aromatic carbocycles. The Morgan fingerprint density at radius 1 is 1.21 bits per heavy atom. The Labute approximate surface area is 168 Å². The number of nitrogens with zero attached hydrogens (tertiary/aromatic N) is 3. The van der Waals surface area contributed by atoms with Crippen LogP contribution in [0.4, 0.5) is 10.2 Å². The number of rotatable bonds is 6. The molecular formula is C21H25FN4OS. The van der Waals surface area contributed by atoms with Crippen LogP contribution in [0, 0.1) is 19.7 Å². The zero-order valence-corrected chi connectivity index (χ0v) is 17.1. The summed E-state index contributed by atoms with van der Waals surface area (Å²) >= 11 is 1.72. The Kier molecular flexibility index (Phi) is 5.85. The smallest absolute Gasteiger partial charge is 0.146 e. The van der Waals surface area contributed by atoms with Crippen LogP contribution in [-0.2, 0) is 17.7 Å². The highest BCUT2D eigenvalue weighted by atomic mass is 32.1. The number of halogens is 1. The molecule has 1 N–H and O–H groups in total. The van der Waals surface area contributed by atoms with Gasteiger partial charge in [0.1, 0.15) is 22.3 Å². The van der Waals surface area contributed by atoms with Gasteiger partial charge in [-0.25, -0.2) is 14.4 Å². The molecule has 1 saturated heterocycles. The van der Waals surface area contributed by atoms with E-state index >= 15 is 0 Å². The fourth-order valence-electron chi connectivity index (χ4n) is 3.47. The van der Waals surface area contributed by atoms with Crippen LogP contribution in [0.15, 0.2) is 24.3 Å². The van der Waals surface area contributed by atoms with E-state index in [9.17, 15) is 4.39 Å². The molecule has 0 unspecified atom stereocenters. The predicted octanol–water partition coefficient (Wildman–Crippen LogP) is 3.93. The molecule has 3 aromatic rings. The van der Waals surface area contributed by atoms with Crippen LogP contribution >= 0.6 is 11.3 Å². The van der Waals surface area contributed by atoms with Crippen LogP contribution in [0.2, 0.25) is 0 Å². The van der Waals surface area contributed by atoms with E-state index < -0.39 is 0 Å². The zero-order valence-electron chi connectivity index (χ0n) is 16.3. The number of benzene rings is 1. The van der Waals surface area contributed by atoms with Crippen LogP contribution in [0.25, 0.3) is 10.2 Å². The molecule has 0 atom stereocenters. The molecule has 0 aliphatic carbocycles. The molecule has 0 radical (unpaired) electrons. The van der Waals surface area contributed by atoms with Crippen LogP contribution in [0.5, 0.6) is 0 Å². The molecular weight excluding hydrogens is 375 g/mol. The lowest BCUT2D eigenvalue weighted by molar-refractivity contribution is 0.0331. The number of aryl methyl sites for hydroxylation is 2. The lowest BCUT2D eigenvalue weighted by Crippen LogP contribution is -2.36. The standard InChI is InChI=1S/C21H25FN4OS/c1-14-15(2)28-21-19(14)20(23-7-6-16-4-3-5-17(22)12-16)24-18(25-21)13-26-8-10-27-11-9-26/h3-5,12H,6-11,13H2,1-2H3,(H,23,24,25). The van der Waals surface area contributed by atoms with E-state index in [1.54, 1.807) is 23.5 Å². The first-order valence-corrected chi connectivity index (χ1v) is 10.5. The summed E-state index contributed by atoms with van der Waals surface area (Å²) in [7, 11) is 0. The van der Waals surface area contributed by atoms with E-state index in [-0.39, 0.29) is 5.82 Å². The highest BCUT2D eigenvalue weighted by molar-refractivity contribution is 7.18. The Balaban J connectivity index is 1.55. The van der Waals surface area contributed by atoms with Crippen molar-refractivity contribution in [1.29, 1.82) is 0 Å². The summed E-state index contributed by atoms with van der Waals surface area (Å²) in [6, 6.07) is 6.76. The lowest BCUT2D eigenvalue weighted by Gasteiger charge is -2.25. The minimum atomic E-state index is -0.195. The van der Waals surface area contributed by atoms with Crippen molar-refractivity contribution in [3.8, 4) is 0 Å². The van der Waals surface area contributed by atoms with Gasteiger partial charge >= 0.3 is 0 Å². The fraction of sp³-hybridized carbons (Fsp3) is 0.429. The Morgan fingerprint density at radius 3 is 2.82 bits per heavy atom. The first-order chi connectivity index (χ1) is 13.6. The molecule has 0 spiro atoms. The third-order valence-corrected chi connectivity index (χ3v) is 6.24. The van der Waals surface area contributed by atoms with Gasteiger partial charge in [0.15, 0.2) is 0 Å². The number of ether oxygens (including phenoxy) is 1. The van der Waals surface area contributed by atoms with Crippen molar-refractivity contribution in [2.75, 3.05) is 38.2 Å². The van der Waals surface area contributed by atoms with Crippen molar-refractivity contribution in [3.05, 3.63) is 51.9 Å². The Hall–Kier alpha value is -2.09. The number of nitrogens with one attached hydrogen (secondary N) is 1. The van der Waals surface area contributed by atoms with Crippen molar-refractivity contribution in [2.45, 2.75) is 26.8 Å². The maximum Gasteiger partial charge on any atom is 0.146 e. The van der Waals surface area contributed by atoms with Gasteiger partial charge in [0.2, 0.25) is 0 Å². The molecule has 1 fully saturated rings. The summed E-state index contributed by atoms with van der Waals surface area (Å²) in [4.78, 5) is 14.3. The molecule has 4 rings (SSSR count). The van der Waals surface area contributed by atoms with Gasteiger partial charge < -0.3 is 10.1 Å². The summed E-state index contributed by atoms with van der Waals surface area (Å²) in [6.45, 7) is 9.01. The van der Waals surface area contributed by atoms with Crippen LogP contribution in [0.3, 0.4) is 0 Å². The number of hydrogen-bond acceptors (Lipinski definition) is 6. The van der Waals surface area contributed by atoms with E-state index in [1.807, 2.05) is 6.07 Å². The van der Waals surface area contributed by atoms with E-state index in [4.69, 9.17) is 14.7 Å². The third kappa shape index (κ3) is 4.32. The monoisotopic (exact) mass is 400 g/mol. The van der Waals surface area contributed by atoms with Gasteiger partial charge in [0.05, 0.1) is 25.1 Å². The summed E-state index contributed by atoms with van der Waals surface area (Å²) in [5.41, 5.74) is 2.20. The van der Waals surface area contributed by atoms with Gasteiger partial charge in [-0.1, -0.05) is 12.1 Å². The van der Waals surface area contributed by atoms with Crippen LogP contribution < -0.4 is 5.32 Å². The van der Waals surface area contributed by atoms with E-state index in [2.05, 4.69) is 24.1 Å². The largest absolute Gasteiger partial charge is 0.379 e. The lowest BCUT2D eigenvalue weighted by atomic mass is 10.1. The van der Waals surface area contributed by atoms with Crippen molar-refractivity contribution >= 4 is 27.4 Å². The molecule has 0 saturated carbocycles. The maximum atomic E-state index is 13.4. The van der Waals surface area contributed by atoms with E-state index in [0.717, 1.165) is 66.7 Å². The van der Waals surface area contributed by atoms with Crippen LogP contribution in [-0.4, -0.2) is 47.7 Å². The molecule has 1 aliphatic heterocycles. The van der Waals surface area contributed by atoms with Gasteiger partial charge in [0, 0.05) is 24.5 Å². The maximum absolute atomic E-state index is 13.4. The number of thiophene rings is 1. The molecule has 5 nitrogen and oxygen atoms in total.